The maximum Gasteiger partial charge on any atom is 0.323 e. The van der Waals surface area contributed by atoms with Crippen LogP contribution in [0.3, 0.4) is 0 Å². The lowest BCUT2D eigenvalue weighted by molar-refractivity contribution is 0.208. The maximum atomic E-state index is 12.2. The first-order valence-corrected chi connectivity index (χ1v) is 10.6. The minimum atomic E-state index is -0.513. The molecule has 1 unspecified atom stereocenters. The van der Waals surface area contributed by atoms with Gasteiger partial charge >= 0.3 is 6.03 Å². The summed E-state index contributed by atoms with van der Waals surface area (Å²) in [7, 11) is 0. The second-order valence-corrected chi connectivity index (χ2v) is 7.69. The van der Waals surface area contributed by atoms with Crippen molar-refractivity contribution in [3.05, 3.63) is 78.2 Å². The summed E-state index contributed by atoms with van der Waals surface area (Å²) in [6, 6.07) is 15.6. The third-order valence-electron chi connectivity index (χ3n) is 4.59. The molecule has 2 amide bonds. The number of urea groups is 1. The normalized spacial score (nSPS) is 11.6. The number of nitrogens with zero attached hydrogens (tertiary/aromatic N) is 4. The SMILES string of the molecule is CC(O)CNc1nccc(-n2ccnc2-c2ccc(NC(=O)Nc3ccc(Cl)cc3)cc2)n1. The number of halogens is 1. The van der Waals surface area contributed by atoms with Crippen molar-refractivity contribution in [2.45, 2.75) is 13.0 Å². The second kappa shape index (κ2) is 10.1. The van der Waals surface area contributed by atoms with E-state index >= 15 is 0 Å². The van der Waals surface area contributed by atoms with E-state index in [4.69, 9.17) is 11.6 Å². The molecule has 1 atom stereocenters. The van der Waals surface area contributed by atoms with E-state index < -0.39 is 6.10 Å². The minimum Gasteiger partial charge on any atom is -0.392 e. The van der Waals surface area contributed by atoms with Gasteiger partial charge in [0.2, 0.25) is 5.95 Å². The summed E-state index contributed by atoms with van der Waals surface area (Å²) in [6.07, 6.45) is 4.62. The number of aliphatic hydroxyl groups is 1. The first-order chi connectivity index (χ1) is 16.0. The van der Waals surface area contributed by atoms with Gasteiger partial charge in [0, 0.05) is 47.1 Å². The smallest absolute Gasteiger partial charge is 0.323 e. The fourth-order valence-corrected chi connectivity index (χ4v) is 3.16. The quantitative estimate of drug-likeness (QED) is 0.322. The highest BCUT2D eigenvalue weighted by molar-refractivity contribution is 6.30. The number of carbonyl (C=O) groups is 1. The van der Waals surface area contributed by atoms with E-state index in [9.17, 15) is 9.90 Å². The molecule has 0 fully saturated rings. The molecule has 0 saturated heterocycles. The fourth-order valence-electron chi connectivity index (χ4n) is 3.04. The van der Waals surface area contributed by atoms with E-state index in [-0.39, 0.29) is 6.03 Å². The molecule has 0 spiro atoms. The van der Waals surface area contributed by atoms with E-state index in [0.717, 1.165) is 5.56 Å². The largest absolute Gasteiger partial charge is 0.392 e. The van der Waals surface area contributed by atoms with Gasteiger partial charge in [0.25, 0.3) is 0 Å². The number of aliphatic hydroxyl groups excluding tert-OH is 1. The minimum absolute atomic E-state index is 0.348. The molecule has 33 heavy (non-hydrogen) atoms. The second-order valence-electron chi connectivity index (χ2n) is 7.25. The van der Waals surface area contributed by atoms with Gasteiger partial charge in [-0.15, -0.1) is 0 Å². The third-order valence-corrected chi connectivity index (χ3v) is 4.84. The first kappa shape index (κ1) is 22.3. The number of rotatable bonds is 7. The highest BCUT2D eigenvalue weighted by Crippen LogP contribution is 2.23. The Morgan fingerprint density at radius 2 is 1.67 bits per heavy atom. The van der Waals surface area contributed by atoms with E-state index in [1.807, 2.05) is 22.9 Å². The number of nitrogens with one attached hydrogen (secondary N) is 3. The van der Waals surface area contributed by atoms with Crippen molar-refractivity contribution in [2.24, 2.45) is 0 Å². The Bertz CT molecular complexity index is 1220. The number of hydrogen-bond acceptors (Lipinski definition) is 6. The Hall–Kier alpha value is -3.95. The van der Waals surface area contributed by atoms with Crippen molar-refractivity contribution >= 4 is 35.0 Å². The molecule has 10 heteroatoms. The molecule has 4 aromatic rings. The zero-order valence-electron chi connectivity index (χ0n) is 17.7. The van der Waals surface area contributed by atoms with Gasteiger partial charge in [-0.2, -0.15) is 4.98 Å². The van der Waals surface area contributed by atoms with Crippen LogP contribution in [-0.2, 0) is 0 Å². The molecule has 0 bridgehead atoms. The van der Waals surface area contributed by atoms with Crippen LogP contribution in [0.4, 0.5) is 22.1 Å². The Morgan fingerprint density at radius 3 is 2.33 bits per heavy atom. The molecule has 2 heterocycles. The van der Waals surface area contributed by atoms with E-state index in [1.54, 1.807) is 61.8 Å². The number of benzene rings is 2. The van der Waals surface area contributed by atoms with E-state index in [1.165, 1.54) is 0 Å². The highest BCUT2D eigenvalue weighted by atomic mass is 35.5. The number of carbonyl (C=O) groups excluding carboxylic acids is 1. The summed E-state index contributed by atoms with van der Waals surface area (Å²) in [5, 5.41) is 18.6. The number of aromatic nitrogens is 4. The topological polar surface area (TPSA) is 117 Å². The van der Waals surface area contributed by atoms with Gasteiger partial charge in [0.05, 0.1) is 6.10 Å². The van der Waals surface area contributed by atoms with Crippen LogP contribution in [0.15, 0.2) is 73.2 Å². The standard InChI is InChI=1S/C23H22ClN7O2/c1-15(32)14-27-22-26-11-10-20(30-22)31-13-12-25-21(31)16-2-6-18(7-3-16)28-23(33)29-19-8-4-17(24)5-9-19/h2-13,15,32H,14H2,1H3,(H,26,27,30)(H2,28,29,33). The summed E-state index contributed by atoms with van der Waals surface area (Å²) in [4.78, 5) is 25.4. The molecule has 0 radical (unpaired) electrons. The zero-order valence-corrected chi connectivity index (χ0v) is 18.5. The molecule has 2 aromatic heterocycles. The summed E-state index contributed by atoms with van der Waals surface area (Å²) in [6.45, 7) is 2.03. The van der Waals surface area contributed by atoms with Gasteiger partial charge in [-0.25, -0.2) is 14.8 Å². The third kappa shape index (κ3) is 5.85. The van der Waals surface area contributed by atoms with Crippen LogP contribution in [0.1, 0.15) is 6.92 Å². The first-order valence-electron chi connectivity index (χ1n) is 10.2. The predicted octanol–water partition coefficient (Wildman–Crippen LogP) is 4.42. The Morgan fingerprint density at radius 1 is 1.00 bits per heavy atom. The van der Waals surface area contributed by atoms with Gasteiger partial charge in [-0.05, 0) is 61.5 Å². The number of amides is 2. The van der Waals surface area contributed by atoms with Gasteiger partial charge in [0.1, 0.15) is 11.6 Å². The highest BCUT2D eigenvalue weighted by Gasteiger charge is 2.11. The Kier molecular flexibility index (Phi) is 6.82. The Balaban J connectivity index is 1.46. The summed E-state index contributed by atoms with van der Waals surface area (Å²) in [5.41, 5.74) is 2.12. The zero-order chi connectivity index (χ0) is 23.2. The molecular weight excluding hydrogens is 442 g/mol. The van der Waals surface area contributed by atoms with Crippen LogP contribution < -0.4 is 16.0 Å². The van der Waals surface area contributed by atoms with Gasteiger partial charge in [-0.1, -0.05) is 11.6 Å². The van der Waals surface area contributed by atoms with Crippen molar-refractivity contribution in [2.75, 3.05) is 22.5 Å². The summed E-state index contributed by atoms with van der Waals surface area (Å²) < 4.78 is 1.84. The van der Waals surface area contributed by atoms with Crippen LogP contribution in [0.25, 0.3) is 17.2 Å². The van der Waals surface area contributed by atoms with Crippen molar-refractivity contribution in [3.8, 4) is 17.2 Å². The lowest BCUT2D eigenvalue weighted by Gasteiger charge is -2.11. The van der Waals surface area contributed by atoms with E-state index in [2.05, 4.69) is 30.9 Å². The maximum absolute atomic E-state index is 12.2. The number of hydrogen-bond donors (Lipinski definition) is 4. The molecule has 0 aliphatic carbocycles. The molecular formula is C23H22ClN7O2. The van der Waals surface area contributed by atoms with Crippen molar-refractivity contribution in [1.82, 2.24) is 19.5 Å². The van der Waals surface area contributed by atoms with Gasteiger partial charge < -0.3 is 21.1 Å². The van der Waals surface area contributed by atoms with Crippen LogP contribution in [-0.4, -0.2) is 43.3 Å². The average Bonchev–Trinajstić information content (AvgIpc) is 3.30. The van der Waals surface area contributed by atoms with Crippen molar-refractivity contribution in [3.63, 3.8) is 0 Å². The lowest BCUT2D eigenvalue weighted by Crippen LogP contribution is -2.19. The monoisotopic (exact) mass is 463 g/mol. The van der Waals surface area contributed by atoms with Gasteiger partial charge in [-0.3, -0.25) is 4.57 Å². The van der Waals surface area contributed by atoms with Gasteiger partial charge in [0.15, 0.2) is 0 Å². The predicted molar refractivity (Wildman–Crippen MR) is 129 cm³/mol. The molecule has 4 N–H and O–H groups in total. The molecule has 0 aliphatic heterocycles. The molecule has 9 nitrogen and oxygen atoms in total. The number of anilines is 3. The van der Waals surface area contributed by atoms with Crippen LogP contribution in [0.5, 0.6) is 0 Å². The Labute approximate surface area is 195 Å². The summed E-state index contributed by atoms with van der Waals surface area (Å²) >= 11 is 5.86. The van der Waals surface area contributed by atoms with Crippen LogP contribution in [0, 0.1) is 0 Å². The summed E-state index contributed by atoms with van der Waals surface area (Å²) in [5.74, 6) is 1.74. The molecule has 4 rings (SSSR count). The van der Waals surface area contributed by atoms with Crippen molar-refractivity contribution in [1.29, 1.82) is 0 Å². The molecule has 0 saturated carbocycles. The molecule has 168 valence electrons. The van der Waals surface area contributed by atoms with Crippen molar-refractivity contribution < 1.29 is 9.90 Å². The fraction of sp³-hybridized carbons (Fsp3) is 0.130. The molecule has 0 aliphatic rings. The van der Waals surface area contributed by atoms with E-state index in [0.29, 0.717) is 40.5 Å². The van der Waals surface area contributed by atoms with Crippen LogP contribution in [0.2, 0.25) is 5.02 Å². The molecule has 2 aromatic carbocycles. The van der Waals surface area contributed by atoms with Crippen LogP contribution >= 0.6 is 11.6 Å². The lowest BCUT2D eigenvalue weighted by atomic mass is 10.2. The average molecular weight is 464 g/mol. The number of imidazole rings is 1.